The van der Waals surface area contributed by atoms with E-state index >= 15 is 0 Å². The number of piperazine rings is 1. The molecular weight excluding hydrogens is 338 g/mol. The van der Waals surface area contributed by atoms with E-state index in [1.165, 1.54) is 10.6 Å². The zero-order valence-corrected chi connectivity index (χ0v) is 16.1. The first-order valence-electron chi connectivity index (χ1n) is 8.88. The highest BCUT2D eigenvalue weighted by atomic mass is 32.2. The van der Waals surface area contributed by atoms with Crippen molar-refractivity contribution in [2.75, 3.05) is 49.8 Å². The number of rotatable bonds is 4. The third-order valence-corrected chi connectivity index (χ3v) is 6.05. The maximum atomic E-state index is 12.8. The molecule has 0 aliphatic carbocycles. The van der Waals surface area contributed by atoms with E-state index in [1.807, 2.05) is 17.0 Å². The van der Waals surface area contributed by atoms with Crippen molar-refractivity contribution < 1.29 is 13.2 Å². The molecule has 0 N–H and O–H groups in total. The second kappa shape index (κ2) is 6.96. The van der Waals surface area contributed by atoms with Gasteiger partial charge in [0.05, 0.1) is 11.9 Å². The van der Waals surface area contributed by atoms with Crippen molar-refractivity contribution in [3.63, 3.8) is 0 Å². The summed E-state index contributed by atoms with van der Waals surface area (Å²) in [5.41, 5.74) is 2.22. The van der Waals surface area contributed by atoms with E-state index in [0.29, 0.717) is 30.1 Å². The lowest BCUT2D eigenvalue weighted by Gasteiger charge is -2.35. The monoisotopic (exact) mass is 365 g/mol. The van der Waals surface area contributed by atoms with Crippen molar-refractivity contribution in [3.05, 3.63) is 29.3 Å². The molecule has 0 spiro atoms. The van der Waals surface area contributed by atoms with Crippen LogP contribution in [0.15, 0.2) is 18.2 Å². The standard InChI is InChI=1S/C18H27N3O3S/c1-14(2)13-19-8-10-20(11-9-19)18(22)16-5-4-15-6-7-21(17(15)12-16)25(3,23)24/h4-5,12,14H,6-11,13H2,1-3H3. The Morgan fingerprint density at radius 1 is 1.12 bits per heavy atom. The first kappa shape index (κ1) is 18.2. The summed E-state index contributed by atoms with van der Waals surface area (Å²) in [5.74, 6) is 0.619. The third-order valence-electron chi connectivity index (χ3n) is 4.87. The fraction of sp³-hybridized carbons (Fsp3) is 0.611. The van der Waals surface area contributed by atoms with Gasteiger partial charge in [0, 0.05) is 44.8 Å². The Morgan fingerprint density at radius 2 is 1.80 bits per heavy atom. The van der Waals surface area contributed by atoms with Crippen molar-refractivity contribution in [2.24, 2.45) is 5.92 Å². The SMILES string of the molecule is CC(C)CN1CCN(C(=O)c2ccc3c(c2)N(S(C)(=O)=O)CC3)CC1. The molecule has 1 saturated heterocycles. The fourth-order valence-corrected chi connectivity index (χ4v) is 4.61. The first-order chi connectivity index (χ1) is 11.8. The highest BCUT2D eigenvalue weighted by Crippen LogP contribution is 2.31. The lowest BCUT2D eigenvalue weighted by molar-refractivity contribution is 0.0624. The van der Waals surface area contributed by atoms with E-state index in [2.05, 4.69) is 18.7 Å². The van der Waals surface area contributed by atoms with Gasteiger partial charge in [-0.25, -0.2) is 8.42 Å². The molecule has 3 rings (SSSR count). The van der Waals surface area contributed by atoms with Crippen molar-refractivity contribution in [1.82, 2.24) is 9.80 Å². The highest BCUT2D eigenvalue weighted by Gasteiger charge is 2.28. The van der Waals surface area contributed by atoms with Crippen LogP contribution in [0.5, 0.6) is 0 Å². The van der Waals surface area contributed by atoms with Crippen LogP contribution in [-0.4, -0.2) is 69.6 Å². The van der Waals surface area contributed by atoms with E-state index in [-0.39, 0.29) is 5.91 Å². The number of anilines is 1. The molecule has 138 valence electrons. The number of sulfonamides is 1. The Labute approximate surface area is 150 Å². The molecule has 2 heterocycles. The molecule has 0 unspecified atom stereocenters. The third kappa shape index (κ3) is 3.98. The summed E-state index contributed by atoms with van der Waals surface area (Å²) in [6.45, 7) is 9.15. The molecule has 1 fully saturated rings. The number of fused-ring (bicyclic) bond motifs is 1. The summed E-state index contributed by atoms with van der Waals surface area (Å²) in [6, 6.07) is 5.46. The number of carbonyl (C=O) groups excluding carboxylic acids is 1. The first-order valence-corrected chi connectivity index (χ1v) is 10.7. The van der Waals surface area contributed by atoms with Gasteiger partial charge in [-0.2, -0.15) is 0 Å². The van der Waals surface area contributed by atoms with Gasteiger partial charge in [-0.3, -0.25) is 14.0 Å². The quantitative estimate of drug-likeness (QED) is 0.810. The number of nitrogens with zero attached hydrogens (tertiary/aromatic N) is 3. The van der Waals surface area contributed by atoms with Crippen LogP contribution in [0.1, 0.15) is 29.8 Å². The van der Waals surface area contributed by atoms with E-state index in [9.17, 15) is 13.2 Å². The summed E-state index contributed by atoms with van der Waals surface area (Å²) >= 11 is 0. The second-order valence-electron chi connectivity index (χ2n) is 7.42. The van der Waals surface area contributed by atoms with Crippen LogP contribution < -0.4 is 4.31 Å². The molecule has 1 aromatic rings. The summed E-state index contributed by atoms with van der Waals surface area (Å²) in [4.78, 5) is 17.1. The van der Waals surface area contributed by atoms with Crippen LogP contribution in [0, 0.1) is 5.92 Å². The van der Waals surface area contributed by atoms with Crippen LogP contribution >= 0.6 is 0 Å². The molecule has 0 saturated carbocycles. The molecule has 1 amide bonds. The summed E-state index contributed by atoms with van der Waals surface area (Å²) in [7, 11) is -3.30. The summed E-state index contributed by atoms with van der Waals surface area (Å²) in [5, 5.41) is 0. The van der Waals surface area contributed by atoms with Gasteiger partial charge in [-0.05, 0) is 30.0 Å². The maximum absolute atomic E-state index is 12.8. The number of hydrogen-bond acceptors (Lipinski definition) is 4. The van der Waals surface area contributed by atoms with Gasteiger partial charge in [-0.1, -0.05) is 19.9 Å². The normalized spacial score (nSPS) is 18.7. The van der Waals surface area contributed by atoms with E-state index in [0.717, 1.165) is 38.3 Å². The molecule has 0 radical (unpaired) electrons. The van der Waals surface area contributed by atoms with Gasteiger partial charge < -0.3 is 4.90 Å². The predicted octanol–water partition coefficient (Wildman–Crippen LogP) is 1.42. The average Bonchev–Trinajstić information content (AvgIpc) is 2.97. The molecular formula is C18H27N3O3S. The van der Waals surface area contributed by atoms with Crippen molar-refractivity contribution in [1.29, 1.82) is 0 Å². The molecule has 2 aliphatic heterocycles. The van der Waals surface area contributed by atoms with E-state index in [4.69, 9.17) is 0 Å². The lowest BCUT2D eigenvalue weighted by Crippen LogP contribution is -2.49. The van der Waals surface area contributed by atoms with Crippen molar-refractivity contribution in [3.8, 4) is 0 Å². The number of carbonyl (C=O) groups is 1. The minimum Gasteiger partial charge on any atom is -0.336 e. The Bertz CT molecular complexity index is 753. The Morgan fingerprint density at radius 3 is 2.40 bits per heavy atom. The van der Waals surface area contributed by atoms with Gasteiger partial charge in [0.1, 0.15) is 0 Å². The van der Waals surface area contributed by atoms with Crippen LogP contribution in [0.3, 0.4) is 0 Å². The number of benzene rings is 1. The minimum atomic E-state index is -3.30. The Balaban J connectivity index is 1.72. The van der Waals surface area contributed by atoms with Gasteiger partial charge >= 0.3 is 0 Å². The van der Waals surface area contributed by atoms with Crippen LogP contribution in [0.4, 0.5) is 5.69 Å². The zero-order chi connectivity index (χ0) is 18.2. The van der Waals surface area contributed by atoms with Crippen LogP contribution in [0.2, 0.25) is 0 Å². The Hall–Kier alpha value is -1.60. The van der Waals surface area contributed by atoms with E-state index in [1.54, 1.807) is 6.07 Å². The van der Waals surface area contributed by atoms with Gasteiger partial charge in [-0.15, -0.1) is 0 Å². The molecule has 25 heavy (non-hydrogen) atoms. The molecule has 6 nitrogen and oxygen atoms in total. The lowest BCUT2D eigenvalue weighted by atomic mass is 10.1. The second-order valence-corrected chi connectivity index (χ2v) is 9.32. The minimum absolute atomic E-state index is 0.00709. The van der Waals surface area contributed by atoms with Crippen molar-refractivity contribution in [2.45, 2.75) is 20.3 Å². The van der Waals surface area contributed by atoms with Crippen LogP contribution in [0.25, 0.3) is 0 Å². The number of hydrogen-bond donors (Lipinski definition) is 0. The fourth-order valence-electron chi connectivity index (χ4n) is 3.66. The van der Waals surface area contributed by atoms with Crippen molar-refractivity contribution >= 4 is 21.6 Å². The highest BCUT2D eigenvalue weighted by molar-refractivity contribution is 7.92. The molecule has 0 atom stereocenters. The van der Waals surface area contributed by atoms with Gasteiger partial charge in [0.2, 0.25) is 10.0 Å². The molecule has 1 aromatic carbocycles. The number of amides is 1. The average molecular weight is 365 g/mol. The zero-order valence-electron chi connectivity index (χ0n) is 15.2. The van der Waals surface area contributed by atoms with Gasteiger partial charge in [0.25, 0.3) is 5.91 Å². The molecule has 2 aliphatic rings. The topological polar surface area (TPSA) is 60.9 Å². The maximum Gasteiger partial charge on any atom is 0.254 e. The molecule has 7 heteroatoms. The van der Waals surface area contributed by atoms with Crippen LogP contribution in [-0.2, 0) is 16.4 Å². The smallest absolute Gasteiger partial charge is 0.254 e. The van der Waals surface area contributed by atoms with E-state index < -0.39 is 10.0 Å². The summed E-state index contributed by atoms with van der Waals surface area (Å²) < 4.78 is 25.3. The van der Waals surface area contributed by atoms with Gasteiger partial charge in [0.15, 0.2) is 0 Å². The summed E-state index contributed by atoms with van der Waals surface area (Å²) in [6.07, 6.45) is 1.91. The predicted molar refractivity (Wildman–Crippen MR) is 99.5 cm³/mol. The largest absolute Gasteiger partial charge is 0.336 e. The molecule has 0 aromatic heterocycles. The molecule has 0 bridgehead atoms. The Kier molecular flexibility index (Phi) is 5.06.